The smallest absolute Gasteiger partial charge is 0.314 e. The molecular weight excluding hydrogens is 318 g/mol. The lowest BCUT2D eigenvalue weighted by atomic mass is 10.0. The van der Waals surface area contributed by atoms with Gasteiger partial charge in [-0.15, -0.1) is 0 Å². The highest BCUT2D eigenvalue weighted by molar-refractivity contribution is 5.83. The standard InChI is InChI=1S/C19H23N3O3/c1-13-7-8-17(25-13)19(2,24)12-22-18(23)20-10-9-14-11-21-16-6-4-3-5-15(14)16/h3-8,11,21,24H,9-10,12H2,1-2H3,(H2,20,22,23). The third kappa shape index (κ3) is 4.03. The average Bonchev–Trinajstić information content (AvgIpc) is 3.20. The number of hydrogen-bond donors (Lipinski definition) is 4. The molecule has 25 heavy (non-hydrogen) atoms. The monoisotopic (exact) mass is 341 g/mol. The van der Waals surface area contributed by atoms with E-state index in [4.69, 9.17) is 4.42 Å². The molecule has 0 saturated carbocycles. The van der Waals surface area contributed by atoms with Crippen molar-refractivity contribution in [1.29, 1.82) is 0 Å². The summed E-state index contributed by atoms with van der Waals surface area (Å²) >= 11 is 0. The zero-order valence-electron chi connectivity index (χ0n) is 14.4. The number of furan rings is 1. The minimum Gasteiger partial charge on any atom is -0.463 e. The number of aliphatic hydroxyl groups is 1. The summed E-state index contributed by atoms with van der Waals surface area (Å²) < 4.78 is 5.43. The van der Waals surface area contributed by atoms with Crippen LogP contribution in [0.15, 0.2) is 47.0 Å². The Kier molecular flexibility index (Phi) is 4.81. The number of carbonyl (C=O) groups excluding carboxylic acids is 1. The van der Waals surface area contributed by atoms with E-state index in [-0.39, 0.29) is 12.6 Å². The molecule has 2 aromatic heterocycles. The SMILES string of the molecule is Cc1ccc(C(C)(O)CNC(=O)NCCc2c[nH]c3ccccc23)o1. The molecule has 0 radical (unpaired) electrons. The highest BCUT2D eigenvalue weighted by Crippen LogP contribution is 2.22. The molecule has 1 unspecified atom stereocenters. The number of urea groups is 1. The number of fused-ring (bicyclic) bond motifs is 1. The Morgan fingerprint density at radius 1 is 1.24 bits per heavy atom. The van der Waals surface area contributed by atoms with E-state index < -0.39 is 5.60 Å². The molecule has 1 atom stereocenters. The van der Waals surface area contributed by atoms with E-state index in [1.54, 1.807) is 19.1 Å². The van der Waals surface area contributed by atoms with Gasteiger partial charge >= 0.3 is 6.03 Å². The van der Waals surface area contributed by atoms with Crippen LogP contribution in [0.5, 0.6) is 0 Å². The van der Waals surface area contributed by atoms with Crippen LogP contribution in [0, 0.1) is 6.92 Å². The molecule has 2 amide bonds. The highest BCUT2D eigenvalue weighted by atomic mass is 16.4. The summed E-state index contributed by atoms with van der Waals surface area (Å²) in [6.45, 7) is 4.00. The van der Waals surface area contributed by atoms with E-state index >= 15 is 0 Å². The summed E-state index contributed by atoms with van der Waals surface area (Å²) in [5, 5.41) is 17.1. The van der Waals surface area contributed by atoms with Crippen molar-refractivity contribution in [2.45, 2.75) is 25.9 Å². The molecule has 6 nitrogen and oxygen atoms in total. The average molecular weight is 341 g/mol. The molecule has 0 aliphatic carbocycles. The summed E-state index contributed by atoms with van der Waals surface area (Å²) in [5.74, 6) is 1.16. The van der Waals surface area contributed by atoms with Gasteiger partial charge in [-0.25, -0.2) is 4.79 Å². The molecule has 1 aromatic carbocycles. The maximum Gasteiger partial charge on any atom is 0.314 e. The fourth-order valence-corrected chi connectivity index (χ4v) is 2.78. The lowest BCUT2D eigenvalue weighted by molar-refractivity contribution is 0.0360. The fourth-order valence-electron chi connectivity index (χ4n) is 2.78. The third-order valence-corrected chi connectivity index (χ3v) is 4.22. The number of hydrogen-bond acceptors (Lipinski definition) is 3. The molecule has 3 aromatic rings. The Morgan fingerprint density at radius 3 is 2.80 bits per heavy atom. The van der Waals surface area contributed by atoms with Gasteiger partial charge in [-0.3, -0.25) is 0 Å². The van der Waals surface area contributed by atoms with Crippen LogP contribution in [0.25, 0.3) is 10.9 Å². The summed E-state index contributed by atoms with van der Waals surface area (Å²) in [5.41, 5.74) is 1.00. The van der Waals surface area contributed by atoms with E-state index in [0.29, 0.717) is 12.3 Å². The predicted octanol–water partition coefficient (Wildman–Crippen LogP) is 2.82. The van der Waals surface area contributed by atoms with Crippen LogP contribution in [0.4, 0.5) is 4.79 Å². The maximum atomic E-state index is 11.9. The van der Waals surface area contributed by atoms with Gasteiger partial charge in [0.05, 0.1) is 6.54 Å². The zero-order chi connectivity index (χ0) is 17.9. The number of para-hydroxylation sites is 1. The first-order valence-corrected chi connectivity index (χ1v) is 8.32. The Labute approximate surface area is 146 Å². The number of H-pyrrole nitrogens is 1. The Hall–Kier alpha value is -2.73. The summed E-state index contributed by atoms with van der Waals surface area (Å²) in [4.78, 5) is 15.2. The van der Waals surface area contributed by atoms with Crippen LogP contribution in [0.3, 0.4) is 0 Å². The van der Waals surface area contributed by atoms with Crippen molar-refractivity contribution in [3.05, 3.63) is 59.7 Å². The van der Waals surface area contributed by atoms with Crippen LogP contribution in [-0.2, 0) is 12.0 Å². The molecule has 0 saturated heterocycles. The molecule has 0 aliphatic rings. The van der Waals surface area contributed by atoms with Gasteiger partial charge in [-0.1, -0.05) is 18.2 Å². The molecular formula is C19H23N3O3. The van der Waals surface area contributed by atoms with Crippen LogP contribution >= 0.6 is 0 Å². The first-order valence-electron chi connectivity index (χ1n) is 8.32. The van der Waals surface area contributed by atoms with Crippen molar-refractivity contribution in [3.63, 3.8) is 0 Å². The minimum absolute atomic E-state index is 0.0683. The number of aryl methyl sites for hydroxylation is 1. The van der Waals surface area contributed by atoms with Gasteiger partial charge in [0.2, 0.25) is 0 Å². The second-order valence-electron chi connectivity index (χ2n) is 6.40. The van der Waals surface area contributed by atoms with Crippen molar-refractivity contribution in [1.82, 2.24) is 15.6 Å². The number of benzene rings is 1. The van der Waals surface area contributed by atoms with Crippen molar-refractivity contribution < 1.29 is 14.3 Å². The van der Waals surface area contributed by atoms with Gasteiger partial charge in [0, 0.05) is 23.6 Å². The molecule has 4 N–H and O–H groups in total. The van der Waals surface area contributed by atoms with Crippen molar-refractivity contribution in [2.75, 3.05) is 13.1 Å². The first kappa shape index (κ1) is 17.1. The first-order chi connectivity index (χ1) is 12.0. The van der Waals surface area contributed by atoms with E-state index in [1.807, 2.05) is 31.3 Å². The number of aromatic nitrogens is 1. The molecule has 2 heterocycles. The van der Waals surface area contributed by atoms with Gasteiger partial charge in [0.1, 0.15) is 17.1 Å². The summed E-state index contributed by atoms with van der Waals surface area (Å²) in [6, 6.07) is 11.3. The summed E-state index contributed by atoms with van der Waals surface area (Å²) in [6.07, 6.45) is 2.69. The zero-order valence-corrected chi connectivity index (χ0v) is 14.4. The lowest BCUT2D eigenvalue weighted by Gasteiger charge is -2.21. The third-order valence-electron chi connectivity index (χ3n) is 4.22. The molecule has 0 fully saturated rings. The molecule has 6 heteroatoms. The Morgan fingerprint density at radius 2 is 2.04 bits per heavy atom. The quantitative estimate of drug-likeness (QED) is 0.556. The lowest BCUT2D eigenvalue weighted by Crippen LogP contribution is -2.43. The van der Waals surface area contributed by atoms with E-state index in [2.05, 4.69) is 21.7 Å². The van der Waals surface area contributed by atoms with E-state index in [9.17, 15) is 9.90 Å². The number of rotatable bonds is 6. The topological polar surface area (TPSA) is 90.3 Å². The second-order valence-corrected chi connectivity index (χ2v) is 6.40. The number of aromatic amines is 1. The fraction of sp³-hybridized carbons (Fsp3) is 0.316. The van der Waals surface area contributed by atoms with Gasteiger partial charge in [-0.05, 0) is 44.0 Å². The van der Waals surface area contributed by atoms with Crippen LogP contribution in [0.1, 0.15) is 24.0 Å². The van der Waals surface area contributed by atoms with Gasteiger partial charge in [-0.2, -0.15) is 0 Å². The van der Waals surface area contributed by atoms with E-state index in [0.717, 1.165) is 23.3 Å². The van der Waals surface area contributed by atoms with Crippen LogP contribution < -0.4 is 10.6 Å². The second kappa shape index (κ2) is 7.03. The minimum atomic E-state index is -1.25. The van der Waals surface area contributed by atoms with Crippen LogP contribution in [0.2, 0.25) is 0 Å². The predicted molar refractivity (Wildman–Crippen MR) is 96.4 cm³/mol. The van der Waals surface area contributed by atoms with Gasteiger partial charge < -0.3 is 25.1 Å². The van der Waals surface area contributed by atoms with Crippen molar-refractivity contribution >= 4 is 16.9 Å². The van der Waals surface area contributed by atoms with Crippen molar-refractivity contribution in [3.8, 4) is 0 Å². The van der Waals surface area contributed by atoms with Gasteiger partial charge in [0.25, 0.3) is 0 Å². The highest BCUT2D eigenvalue weighted by Gasteiger charge is 2.27. The number of amides is 2. The largest absolute Gasteiger partial charge is 0.463 e. The van der Waals surface area contributed by atoms with Crippen LogP contribution in [-0.4, -0.2) is 29.2 Å². The van der Waals surface area contributed by atoms with E-state index in [1.165, 1.54) is 5.39 Å². The van der Waals surface area contributed by atoms with Crippen molar-refractivity contribution in [2.24, 2.45) is 0 Å². The molecule has 0 aliphatic heterocycles. The Bertz CT molecular complexity index is 864. The van der Waals surface area contributed by atoms with Gasteiger partial charge in [0.15, 0.2) is 0 Å². The Balaban J connectivity index is 1.47. The number of carbonyl (C=O) groups is 1. The maximum absolute atomic E-state index is 11.9. The molecule has 0 spiro atoms. The molecule has 132 valence electrons. The number of nitrogens with one attached hydrogen (secondary N) is 3. The summed E-state index contributed by atoms with van der Waals surface area (Å²) in [7, 11) is 0. The molecule has 3 rings (SSSR count). The molecule has 0 bridgehead atoms. The normalized spacial score (nSPS) is 13.6.